The number of rotatable bonds is 8. The summed E-state index contributed by atoms with van der Waals surface area (Å²) in [4.78, 5) is 12.0. The van der Waals surface area contributed by atoms with Crippen LogP contribution in [0.2, 0.25) is 0 Å². The van der Waals surface area contributed by atoms with E-state index in [1.165, 1.54) is 18.5 Å². The fourth-order valence-corrected chi connectivity index (χ4v) is 3.67. The second-order valence-electron chi connectivity index (χ2n) is 5.13. The number of nitrogens with zero attached hydrogens (tertiary/aromatic N) is 1. The Morgan fingerprint density at radius 3 is 2.30 bits per heavy atom. The molecule has 0 amide bonds. The zero-order valence-electron chi connectivity index (χ0n) is 12.3. The molecule has 0 aromatic carbocycles. The smallest absolute Gasteiger partial charge is 0.316 e. The van der Waals surface area contributed by atoms with Crippen LogP contribution in [-0.4, -0.2) is 71.6 Å². The Kier molecular flexibility index (Phi) is 6.38. The van der Waals surface area contributed by atoms with E-state index in [1.807, 2.05) is 0 Å². The van der Waals surface area contributed by atoms with Gasteiger partial charge in [0.25, 0.3) is 0 Å². The van der Waals surface area contributed by atoms with E-state index >= 15 is 0 Å². The monoisotopic (exact) mass is 309 g/mol. The van der Waals surface area contributed by atoms with Crippen molar-refractivity contribution in [2.75, 3.05) is 52.9 Å². The molecule has 0 aromatic rings. The molecule has 0 radical (unpaired) electrons. The molecule has 7 nitrogen and oxygen atoms in total. The van der Waals surface area contributed by atoms with Crippen LogP contribution in [0.3, 0.4) is 0 Å². The molecule has 118 valence electrons. The fraction of sp³-hybridized carbons (Fsp3) is 0.917. The summed E-state index contributed by atoms with van der Waals surface area (Å²) in [5.41, 5.74) is -0.882. The van der Waals surface area contributed by atoms with Crippen LogP contribution >= 0.6 is 0 Å². The van der Waals surface area contributed by atoms with Crippen LogP contribution in [0.5, 0.6) is 0 Å². The van der Waals surface area contributed by atoms with Gasteiger partial charge in [-0.2, -0.15) is 4.31 Å². The lowest BCUT2D eigenvalue weighted by Gasteiger charge is -2.26. The van der Waals surface area contributed by atoms with E-state index in [0.29, 0.717) is 13.0 Å². The molecule has 0 saturated carbocycles. The molecule has 1 rings (SSSR count). The second-order valence-corrected chi connectivity index (χ2v) is 7.22. The Morgan fingerprint density at radius 1 is 1.25 bits per heavy atom. The lowest BCUT2D eigenvalue weighted by molar-refractivity contribution is -0.162. The van der Waals surface area contributed by atoms with Gasteiger partial charge in [0.2, 0.25) is 10.0 Å². The van der Waals surface area contributed by atoms with E-state index in [0.717, 1.165) is 0 Å². The summed E-state index contributed by atoms with van der Waals surface area (Å²) >= 11 is 0. The summed E-state index contributed by atoms with van der Waals surface area (Å²) in [5, 5.41) is 0. The van der Waals surface area contributed by atoms with Gasteiger partial charge in [-0.25, -0.2) is 8.42 Å². The highest BCUT2D eigenvalue weighted by molar-refractivity contribution is 7.89. The van der Waals surface area contributed by atoms with Gasteiger partial charge in [0.05, 0.1) is 19.0 Å². The molecule has 1 aliphatic rings. The SMILES string of the molecule is COCC(C)(COC)C(=O)OCCN1CCCS1(=O)=O. The van der Waals surface area contributed by atoms with Crippen molar-refractivity contribution in [2.24, 2.45) is 5.41 Å². The first kappa shape index (κ1) is 17.4. The predicted molar refractivity (Wildman–Crippen MR) is 72.8 cm³/mol. The zero-order valence-corrected chi connectivity index (χ0v) is 13.1. The minimum absolute atomic E-state index is 0.0427. The number of carbonyl (C=O) groups is 1. The van der Waals surface area contributed by atoms with Crippen molar-refractivity contribution >= 4 is 16.0 Å². The van der Waals surface area contributed by atoms with E-state index in [1.54, 1.807) is 6.92 Å². The van der Waals surface area contributed by atoms with Crippen molar-refractivity contribution in [2.45, 2.75) is 13.3 Å². The topological polar surface area (TPSA) is 82.1 Å². The highest BCUT2D eigenvalue weighted by Gasteiger charge is 2.36. The van der Waals surface area contributed by atoms with Crippen molar-refractivity contribution in [1.82, 2.24) is 4.31 Å². The summed E-state index contributed by atoms with van der Waals surface area (Å²) in [7, 11) is -0.152. The minimum Gasteiger partial charge on any atom is -0.464 e. The number of hydrogen-bond donors (Lipinski definition) is 0. The van der Waals surface area contributed by atoms with Crippen LogP contribution in [0.4, 0.5) is 0 Å². The molecule has 8 heteroatoms. The van der Waals surface area contributed by atoms with E-state index in [9.17, 15) is 13.2 Å². The van der Waals surface area contributed by atoms with Crippen LogP contribution in [-0.2, 0) is 29.0 Å². The highest BCUT2D eigenvalue weighted by Crippen LogP contribution is 2.20. The average molecular weight is 309 g/mol. The van der Waals surface area contributed by atoms with Crippen molar-refractivity contribution in [1.29, 1.82) is 0 Å². The molecule has 1 saturated heterocycles. The highest BCUT2D eigenvalue weighted by atomic mass is 32.2. The molecular weight excluding hydrogens is 286 g/mol. The van der Waals surface area contributed by atoms with Crippen molar-refractivity contribution in [3.8, 4) is 0 Å². The van der Waals surface area contributed by atoms with Gasteiger partial charge in [0.1, 0.15) is 12.0 Å². The molecule has 0 unspecified atom stereocenters. The number of hydrogen-bond acceptors (Lipinski definition) is 6. The molecule has 0 N–H and O–H groups in total. The Labute approximate surface area is 120 Å². The first-order valence-corrected chi connectivity index (χ1v) is 8.09. The van der Waals surface area contributed by atoms with E-state index in [2.05, 4.69) is 0 Å². The van der Waals surface area contributed by atoms with Gasteiger partial charge < -0.3 is 14.2 Å². The van der Waals surface area contributed by atoms with Crippen LogP contribution in [0.25, 0.3) is 0 Å². The van der Waals surface area contributed by atoms with Gasteiger partial charge in [-0.05, 0) is 13.3 Å². The second kappa shape index (κ2) is 7.35. The largest absolute Gasteiger partial charge is 0.464 e. The predicted octanol–water partition coefficient (Wildman–Crippen LogP) is -0.136. The summed E-state index contributed by atoms with van der Waals surface area (Å²) in [5.74, 6) is -0.274. The maximum Gasteiger partial charge on any atom is 0.316 e. The number of sulfonamides is 1. The van der Waals surface area contributed by atoms with Crippen LogP contribution in [0.15, 0.2) is 0 Å². The van der Waals surface area contributed by atoms with Crippen molar-refractivity contribution in [3.05, 3.63) is 0 Å². The molecular formula is C12H23NO6S. The first-order chi connectivity index (χ1) is 9.35. The van der Waals surface area contributed by atoms with Gasteiger partial charge in [-0.1, -0.05) is 0 Å². The zero-order chi connectivity index (χ0) is 15.2. The van der Waals surface area contributed by atoms with Gasteiger partial charge in [-0.3, -0.25) is 4.79 Å². The molecule has 0 atom stereocenters. The Hall–Kier alpha value is -0.700. The van der Waals surface area contributed by atoms with Crippen LogP contribution in [0, 0.1) is 5.41 Å². The fourth-order valence-electron chi connectivity index (χ4n) is 2.15. The summed E-state index contributed by atoms with van der Waals surface area (Å²) in [6.07, 6.45) is 0.626. The number of carbonyl (C=O) groups excluding carboxylic acids is 1. The van der Waals surface area contributed by atoms with E-state index < -0.39 is 21.4 Å². The number of ether oxygens (including phenoxy) is 3. The Bertz CT molecular complexity index is 416. The van der Waals surface area contributed by atoms with E-state index in [-0.39, 0.29) is 32.1 Å². The molecule has 20 heavy (non-hydrogen) atoms. The Morgan fingerprint density at radius 2 is 1.85 bits per heavy atom. The lowest BCUT2D eigenvalue weighted by Crippen LogP contribution is -2.40. The van der Waals surface area contributed by atoms with Crippen LogP contribution < -0.4 is 0 Å². The molecule has 0 aromatic heterocycles. The van der Waals surface area contributed by atoms with Crippen molar-refractivity contribution in [3.63, 3.8) is 0 Å². The third kappa shape index (κ3) is 4.41. The molecule has 0 bridgehead atoms. The number of esters is 1. The number of methoxy groups -OCH3 is 2. The third-order valence-electron chi connectivity index (χ3n) is 3.20. The molecule has 1 heterocycles. The molecule has 1 fully saturated rings. The maximum absolute atomic E-state index is 12.0. The summed E-state index contributed by atoms with van der Waals surface area (Å²) in [6, 6.07) is 0. The standard InChI is InChI=1S/C12H23NO6S/c1-12(9-17-2,10-18-3)11(14)19-7-6-13-5-4-8-20(13,15)16/h4-10H2,1-3H3. The van der Waals surface area contributed by atoms with Gasteiger partial charge in [0, 0.05) is 27.3 Å². The van der Waals surface area contributed by atoms with Crippen LogP contribution in [0.1, 0.15) is 13.3 Å². The van der Waals surface area contributed by atoms with Gasteiger partial charge >= 0.3 is 5.97 Å². The quantitative estimate of drug-likeness (QED) is 0.581. The minimum atomic E-state index is -3.15. The summed E-state index contributed by atoms with van der Waals surface area (Å²) in [6.45, 7) is 2.79. The Balaban J connectivity index is 2.45. The van der Waals surface area contributed by atoms with E-state index in [4.69, 9.17) is 14.2 Å². The molecule has 0 spiro atoms. The third-order valence-corrected chi connectivity index (χ3v) is 5.15. The average Bonchev–Trinajstić information content (AvgIpc) is 2.69. The maximum atomic E-state index is 12.0. The summed E-state index contributed by atoms with van der Waals surface area (Å²) < 4.78 is 39.7. The van der Waals surface area contributed by atoms with Gasteiger partial charge in [-0.15, -0.1) is 0 Å². The van der Waals surface area contributed by atoms with Crippen molar-refractivity contribution < 1.29 is 27.4 Å². The molecule has 0 aliphatic carbocycles. The first-order valence-electron chi connectivity index (χ1n) is 6.48. The normalized spacial score (nSPS) is 19.1. The lowest BCUT2D eigenvalue weighted by atomic mass is 9.93. The van der Waals surface area contributed by atoms with Gasteiger partial charge in [0.15, 0.2) is 0 Å². The molecule has 1 aliphatic heterocycles.